The first-order chi connectivity index (χ1) is 10.6. The van der Waals surface area contributed by atoms with E-state index in [1.807, 2.05) is 49.4 Å². The summed E-state index contributed by atoms with van der Waals surface area (Å²) in [4.78, 5) is 13.9. The van der Waals surface area contributed by atoms with E-state index in [1.54, 1.807) is 36.2 Å². The third-order valence-electron chi connectivity index (χ3n) is 3.67. The molecule has 3 nitrogen and oxygen atoms in total. The lowest BCUT2D eigenvalue weighted by atomic mass is 10.1. The Labute approximate surface area is 131 Å². The van der Waals surface area contributed by atoms with Crippen molar-refractivity contribution in [2.75, 3.05) is 7.05 Å². The van der Waals surface area contributed by atoms with E-state index >= 15 is 0 Å². The summed E-state index contributed by atoms with van der Waals surface area (Å²) >= 11 is 0. The summed E-state index contributed by atoms with van der Waals surface area (Å²) in [7, 11) is 1.79. The number of rotatable bonds is 4. The van der Waals surface area contributed by atoms with E-state index in [0.29, 0.717) is 5.56 Å². The van der Waals surface area contributed by atoms with Crippen molar-refractivity contribution in [2.45, 2.75) is 13.0 Å². The second-order valence-electron chi connectivity index (χ2n) is 5.10. The van der Waals surface area contributed by atoms with E-state index in [9.17, 15) is 4.79 Å². The van der Waals surface area contributed by atoms with Crippen LogP contribution in [0.25, 0.3) is 6.08 Å². The van der Waals surface area contributed by atoms with E-state index in [0.717, 1.165) is 11.1 Å². The number of carbonyl (C=O) groups excluding carboxylic acids is 1. The van der Waals surface area contributed by atoms with Crippen molar-refractivity contribution in [3.05, 3.63) is 77.4 Å². The molecule has 0 aliphatic heterocycles. The van der Waals surface area contributed by atoms with E-state index in [1.165, 1.54) is 0 Å². The van der Waals surface area contributed by atoms with Gasteiger partial charge in [0.2, 0.25) is 5.91 Å². The van der Waals surface area contributed by atoms with Crippen LogP contribution in [0.2, 0.25) is 0 Å². The molecule has 0 aromatic heterocycles. The largest absolute Gasteiger partial charge is 0.335 e. The van der Waals surface area contributed by atoms with Crippen molar-refractivity contribution in [1.82, 2.24) is 4.90 Å². The van der Waals surface area contributed by atoms with Crippen molar-refractivity contribution >= 4 is 12.0 Å². The molecule has 2 aromatic rings. The maximum Gasteiger partial charge on any atom is 0.246 e. The molecule has 3 heteroatoms. The summed E-state index contributed by atoms with van der Waals surface area (Å²) in [5.74, 6) is -0.0549. The van der Waals surface area contributed by atoms with E-state index < -0.39 is 0 Å². The molecule has 0 radical (unpaired) electrons. The monoisotopic (exact) mass is 290 g/mol. The first-order valence-corrected chi connectivity index (χ1v) is 7.12. The molecule has 0 aliphatic carbocycles. The van der Waals surface area contributed by atoms with Crippen LogP contribution in [-0.2, 0) is 4.79 Å². The first kappa shape index (κ1) is 15.5. The number of hydrogen-bond donors (Lipinski definition) is 0. The highest BCUT2D eigenvalue weighted by atomic mass is 16.2. The van der Waals surface area contributed by atoms with Crippen LogP contribution in [-0.4, -0.2) is 17.9 Å². The van der Waals surface area contributed by atoms with Gasteiger partial charge < -0.3 is 4.90 Å². The van der Waals surface area contributed by atoms with Gasteiger partial charge in [-0.2, -0.15) is 5.26 Å². The van der Waals surface area contributed by atoms with E-state index in [4.69, 9.17) is 5.26 Å². The number of hydrogen-bond acceptors (Lipinski definition) is 2. The summed E-state index contributed by atoms with van der Waals surface area (Å²) in [6.45, 7) is 2.00. The van der Waals surface area contributed by atoms with Gasteiger partial charge in [0.15, 0.2) is 0 Å². The summed E-state index contributed by atoms with van der Waals surface area (Å²) in [6.07, 6.45) is 3.32. The Kier molecular flexibility index (Phi) is 5.11. The molecule has 0 spiro atoms. The number of likely N-dealkylation sites (N-methyl/N-ethyl adjacent to an activating group) is 1. The fourth-order valence-electron chi connectivity index (χ4n) is 2.10. The highest BCUT2D eigenvalue weighted by molar-refractivity contribution is 5.91. The van der Waals surface area contributed by atoms with Gasteiger partial charge in [0, 0.05) is 13.1 Å². The van der Waals surface area contributed by atoms with Crippen LogP contribution in [0.15, 0.2) is 60.7 Å². The Morgan fingerprint density at radius 1 is 1.14 bits per heavy atom. The molecule has 0 fully saturated rings. The molecule has 0 saturated heterocycles. The average molecular weight is 290 g/mol. The number of nitrogens with zero attached hydrogens (tertiary/aromatic N) is 2. The first-order valence-electron chi connectivity index (χ1n) is 7.12. The molecule has 0 bridgehead atoms. The standard InChI is InChI=1S/C19H18N2O/c1-15(18-6-4-3-5-7-18)21(2)19(22)13-12-16-8-10-17(14-20)11-9-16/h3-13,15H,1-2H3/b13-12+/t15-/m0/s1. The van der Waals surface area contributed by atoms with Crippen molar-refractivity contribution in [1.29, 1.82) is 5.26 Å². The molecule has 110 valence electrons. The lowest BCUT2D eigenvalue weighted by Crippen LogP contribution is -2.27. The van der Waals surface area contributed by atoms with Gasteiger partial charge in [0.05, 0.1) is 17.7 Å². The molecule has 2 rings (SSSR count). The molecule has 22 heavy (non-hydrogen) atoms. The number of nitriles is 1. The second kappa shape index (κ2) is 7.24. The molecule has 1 atom stereocenters. The highest BCUT2D eigenvalue weighted by Crippen LogP contribution is 2.18. The predicted octanol–water partition coefficient (Wildman–Crippen LogP) is 3.79. The van der Waals surface area contributed by atoms with Crippen LogP contribution in [0.4, 0.5) is 0 Å². The van der Waals surface area contributed by atoms with Crippen molar-refractivity contribution in [2.24, 2.45) is 0 Å². The van der Waals surface area contributed by atoms with Gasteiger partial charge in [-0.25, -0.2) is 0 Å². The molecule has 2 aromatic carbocycles. The Hall–Kier alpha value is -2.86. The lowest BCUT2D eigenvalue weighted by molar-refractivity contribution is -0.126. The summed E-state index contributed by atoms with van der Waals surface area (Å²) < 4.78 is 0. The Bertz CT molecular complexity index is 696. The second-order valence-corrected chi connectivity index (χ2v) is 5.10. The van der Waals surface area contributed by atoms with Crippen LogP contribution in [0, 0.1) is 11.3 Å². The van der Waals surface area contributed by atoms with Crippen molar-refractivity contribution in [3.63, 3.8) is 0 Å². The van der Waals surface area contributed by atoms with Gasteiger partial charge in [-0.05, 0) is 36.3 Å². The van der Waals surface area contributed by atoms with Crippen molar-refractivity contribution in [3.8, 4) is 6.07 Å². The zero-order valence-corrected chi connectivity index (χ0v) is 12.7. The zero-order chi connectivity index (χ0) is 15.9. The summed E-state index contributed by atoms with van der Waals surface area (Å²) in [6, 6.07) is 19.1. The Morgan fingerprint density at radius 3 is 2.36 bits per heavy atom. The zero-order valence-electron chi connectivity index (χ0n) is 12.7. The predicted molar refractivity (Wildman–Crippen MR) is 87.8 cm³/mol. The number of carbonyl (C=O) groups is 1. The highest BCUT2D eigenvalue weighted by Gasteiger charge is 2.14. The quantitative estimate of drug-likeness (QED) is 0.804. The van der Waals surface area contributed by atoms with Crippen LogP contribution in [0.5, 0.6) is 0 Å². The molecule has 0 aliphatic rings. The third kappa shape index (κ3) is 3.83. The average Bonchev–Trinajstić information content (AvgIpc) is 2.59. The molecule has 1 amide bonds. The molecule has 0 unspecified atom stereocenters. The molecular formula is C19H18N2O. The minimum Gasteiger partial charge on any atom is -0.335 e. The van der Waals surface area contributed by atoms with Crippen LogP contribution in [0.3, 0.4) is 0 Å². The Morgan fingerprint density at radius 2 is 1.77 bits per heavy atom. The van der Waals surface area contributed by atoms with Gasteiger partial charge in [-0.3, -0.25) is 4.79 Å². The molecular weight excluding hydrogens is 272 g/mol. The van der Waals surface area contributed by atoms with Gasteiger partial charge in [0.1, 0.15) is 0 Å². The molecule has 0 heterocycles. The SMILES string of the molecule is C[C@@H](c1ccccc1)N(C)C(=O)/C=C/c1ccc(C#N)cc1. The lowest BCUT2D eigenvalue weighted by Gasteiger charge is -2.24. The minimum atomic E-state index is -0.0549. The number of benzene rings is 2. The Balaban J connectivity index is 2.04. The van der Waals surface area contributed by atoms with E-state index in [-0.39, 0.29) is 11.9 Å². The fraction of sp³-hybridized carbons (Fsp3) is 0.158. The topological polar surface area (TPSA) is 44.1 Å². The summed E-state index contributed by atoms with van der Waals surface area (Å²) in [5.41, 5.74) is 2.61. The van der Waals surface area contributed by atoms with Crippen LogP contribution in [0.1, 0.15) is 29.7 Å². The van der Waals surface area contributed by atoms with Gasteiger partial charge in [-0.15, -0.1) is 0 Å². The van der Waals surface area contributed by atoms with Gasteiger partial charge >= 0.3 is 0 Å². The maximum atomic E-state index is 12.2. The third-order valence-corrected chi connectivity index (χ3v) is 3.67. The van der Waals surface area contributed by atoms with Crippen LogP contribution >= 0.6 is 0 Å². The van der Waals surface area contributed by atoms with Crippen molar-refractivity contribution < 1.29 is 4.79 Å². The maximum absolute atomic E-state index is 12.2. The smallest absolute Gasteiger partial charge is 0.246 e. The van der Waals surface area contributed by atoms with Gasteiger partial charge in [-0.1, -0.05) is 42.5 Å². The molecule has 0 saturated carbocycles. The number of amides is 1. The molecule has 0 N–H and O–H groups in total. The summed E-state index contributed by atoms with van der Waals surface area (Å²) in [5, 5.41) is 8.76. The minimum absolute atomic E-state index is 0.0133. The normalized spacial score (nSPS) is 11.9. The van der Waals surface area contributed by atoms with E-state index in [2.05, 4.69) is 6.07 Å². The van der Waals surface area contributed by atoms with Gasteiger partial charge in [0.25, 0.3) is 0 Å². The van der Waals surface area contributed by atoms with Crippen LogP contribution < -0.4 is 0 Å². The fourth-order valence-corrected chi connectivity index (χ4v) is 2.10.